The third-order valence-corrected chi connectivity index (χ3v) is 3.95. The lowest BCUT2D eigenvalue weighted by molar-refractivity contribution is 1.45. The molecule has 2 aromatic carbocycles. The van der Waals surface area contributed by atoms with Crippen molar-refractivity contribution in [3.05, 3.63) is 71.8 Å². The van der Waals surface area contributed by atoms with Crippen LogP contribution in [0.2, 0.25) is 19.6 Å². The predicted octanol–water partition coefficient (Wildman–Crippen LogP) is 5.50. The highest BCUT2D eigenvalue weighted by atomic mass is 28.3. The van der Waals surface area contributed by atoms with Crippen LogP contribution >= 0.6 is 0 Å². The molecule has 0 saturated carbocycles. The second kappa shape index (κ2) is 7.11. The van der Waals surface area contributed by atoms with Crippen molar-refractivity contribution >= 4 is 19.7 Å². The molecule has 0 N–H and O–H groups in total. The number of allylic oxidation sites excluding steroid dienone is 1. The molecule has 0 aliphatic carbocycles. The van der Waals surface area contributed by atoms with Gasteiger partial charge in [-0.15, -0.1) is 11.5 Å². The summed E-state index contributed by atoms with van der Waals surface area (Å²) < 4.78 is 0. The molecule has 0 fully saturated rings. The lowest BCUT2D eigenvalue weighted by Crippen LogP contribution is -2.16. The molecule has 0 unspecified atom stereocenters. The number of benzene rings is 2. The molecule has 0 spiro atoms. The van der Waals surface area contributed by atoms with Gasteiger partial charge in [-0.3, -0.25) is 0 Å². The number of hydrogen-bond acceptors (Lipinski definition) is 0. The van der Waals surface area contributed by atoms with Crippen LogP contribution in [0, 0.1) is 11.5 Å². The Balaban J connectivity index is 2.31. The van der Waals surface area contributed by atoms with Crippen LogP contribution in [-0.4, -0.2) is 8.07 Å². The zero-order chi connectivity index (χ0) is 15.1. The Hall–Kier alpha value is -2.04. The maximum atomic E-state index is 3.46. The van der Waals surface area contributed by atoms with E-state index in [9.17, 15) is 0 Å². The molecule has 21 heavy (non-hydrogen) atoms. The summed E-state index contributed by atoms with van der Waals surface area (Å²) in [6, 6.07) is 21.0. The highest BCUT2D eigenvalue weighted by molar-refractivity contribution is 6.83. The molecule has 106 valence electrons. The first-order valence-electron chi connectivity index (χ1n) is 7.36. The van der Waals surface area contributed by atoms with Crippen LogP contribution in [0.25, 0.3) is 11.6 Å². The molecule has 2 aromatic rings. The van der Waals surface area contributed by atoms with Crippen molar-refractivity contribution in [2.24, 2.45) is 0 Å². The van der Waals surface area contributed by atoms with Crippen molar-refractivity contribution < 1.29 is 0 Å². The van der Waals surface area contributed by atoms with Gasteiger partial charge in [-0.25, -0.2) is 0 Å². The summed E-state index contributed by atoms with van der Waals surface area (Å²) in [5.41, 5.74) is 7.22. The minimum Gasteiger partial charge on any atom is -0.132 e. The molecule has 0 radical (unpaired) electrons. The van der Waals surface area contributed by atoms with Gasteiger partial charge in [-0.2, -0.15) is 0 Å². The Bertz CT molecular complexity index is 650. The molecule has 1 heteroatoms. The predicted molar refractivity (Wildman–Crippen MR) is 96.5 cm³/mol. The summed E-state index contributed by atoms with van der Waals surface area (Å²) in [5.74, 6) is 3.39. The Morgan fingerprint density at radius 3 is 2.05 bits per heavy atom. The molecule has 0 atom stereocenters. The Labute approximate surface area is 129 Å². The maximum Gasteiger partial charge on any atom is 0.129 e. The second-order valence-electron chi connectivity index (χ2n) is 6.17. The van der Waals surface area contributed by atoms with Crippen LogP contribution in [0.15, 0.2) is 60.7 Å². The van der Waals surface area contributed by atoms with E-state index in [1.165, 1.54) is 16.7 Å². The topological polar surface area (TPSA) is 0 Å². The molecule has 0 aliphatic heterocycles. The van der Waals surface area contributed by atoms with Gasteiger partial charge >= 0.3 is 0 Å². The fourth-order valence-corrected chi connectivity index (χ4v) is 2.66. The maximum absolute atomic E-state index is 3.46. The van der Waals surface area contributed by atoms with E-state index in [0.717, 1.165) is 6.42 Å². The molecule has 0 saturated heterocycles. The van der Waals surface area contributed by atoms with E-state index in [0.29, 0.717) is 0 Å². The molecule has 0 nitrogen and oxygen atoms in total. The van der Waals surface area contributed by atoms with E-state index >= 15 is 0 Å². The van der Waals surface area contributed by atoms with Crippen LogP contribution < -0.4 is 0 Å². The van der Waals surface area contributed by atoms with Gasteiger partial charge in [0.1, 0.15) is 8.07 Å². The van der Waals surface area contributed by atoms with Crippen LogP contribution in [0.4, 0.5) is 0 Å². The minimum atomic E-state index is -1.31. The Morgan fingerprint density at radius 1 is 0.905 bits per heavy atom. The molecule has 0 aliphatic rings. The van der Waals surface area contributed by atoms with E-state index in [2.05, 4.69) is 91.8 Å². The zero-order valence-corrected chi connectivity index (χ0v) is 14.1. The number of hydrogen-bond donors (Lipinski definition) is 0. The van der Waals surface area contributed by atoms with Crippen molar-refractivity contribution in [2.75, 3.05) is 0 Å². The molecule has 2 rings (SSSR count). The summed E-state index contributed by atoms with van der Waals surface area (Å²) in [4.78, 5) is 0. The van der Waals surface area contributed by atoms with E-state index in [4.69, 9.17) is 0 Å². The van der Waals surface area contributed by atoms with Crippen molar-refractivity contribution in [1.82, 2.24) is 0 Å². The lowest BCUT2D eigenvalue weighted by Gasteiger charge is -2.07. The molecule has 0 aromatic heterocycles. The van der Waals surface area contributed by atoms with Gasteiger partial charge in [0.15, 0.2) is 0 Å². The fraction of sp³-hybridized carbons (Fsp3) is 0.200. The average molecular weight is 290 g/mol. The van der Waals surface area contributed by atoms with Crippen molar-refractivity contribution in [2.45, 2.75) is 26.1 Å². The molecule has 0 bridgehead atoms. The number of rotatable bonds is 3. The van der Waals surface area contributed by atoms with Crippen LogP contribution in [0.5, 0.6) is 0 Å². The van der Waals surface area contributed by atoms with Crippen LogP contribution in [0.3, 0.4) is 0 Å². The average Bonchev–Trinajstić information content (AvgIpc) is 2.47. The van der Waals surface area contributed by atoms with E-state index in [1.807, 2.05) is 6.07 Å². The first-order valence-corrected chi connectivity index (χ1v) is 10.9. The van der Waals surface area contributed by atoms with Crippen molar-refractivity contribution in [1.29, 1.82) is 0 Å². The largest absolute Gasteiger partial charge is 0.132 e. The molecule has 0 amide bonds. The summed E-state index contributed by atoms with van der Waals surface area (Å²) >= 11 is 0. The van der Waals surface area contributed by atoms with Gasteiger partial charge in [0.25, 0.3) is 0 Å². The standard InChI is InChI=1S/C20H22Si/c1-21(2,3)16-10-15-20(19-13-8-5-9-14-19)17-18-11-6-4-7-12-18/h4-9,11-14,17H,15H2,1-3H3/b20-17-. The lowest BCUT2D eigenvalue weighted by atomic mass is 10.0. The smallest absolute Gasteiger partial charge is 0.129 e. The van der Waals surface area contributed by atoms with Gasteiger partial charge in [-0.1, -0.05) is 86.4 Å². The third-order valence-electron chi connectivity index (χ3n) is 3.03. The van der Waals surface area contributed by atoms with Crippen molar-refractivity contribution in [3.8, 4) is 11.5 Å². The third kappa shape index (κ3) is 5.45. The van der Waals surface area contributed by atoms with Crippen LogP contribution in [0.1, 0.15) is 17.5 Å². The monoisotopic (exact) mass is 290 g/mol. The highest BCUT2D eigenvalue weighted by Gasteiger charge is 2.07. The van der Waals surface area contributed by atoms with Gasteiger partial charge in [0, 0.05) is 6.42 Å². The normalized spacial score (nSPS) is 11.7. The highest BCUT2D eigenvalue weighted by Crippen LogP contribution is 2.21. The van der Waals surface area contributed by atoms with Gasteiger partial charge < -0.3 is 0 Å². The quantitative estimate of drug-likeness (QED) is 0.398. The molecular formula is C20H22Si. The molecular weight excluding hydrogens is 268 g/mol. The van der Waals surface area contributed by atoms with Crippen molar-refractivity contribution in [3.63, 3.8) is 0 Å². The summed E-state index contributed by atoms with van der Waals surface area (Å²) in [5, 5.41) is 0. The van der Waals surface area contributed by atoms with Gasteiger partial charge in [-0.05, 0) is 16.7 Å². The zero-order valence-electron chi connectivity index (χ0n) is 13.1. The first kappa shape index (κ1) is 15.3. The minimum absolute atomic E-state index is 0.809. The van der Waals surface area contributed by atoms with E-state index < -0.39 is 8.07 Å². The second-order valence-corrected chi connectivity index (χ2v) is 10.9. The van der Waals surface area contributed by atoms with Crippen LogP contribution in [-0.2, 0) is 0 Å². The Morgan fingerprint density at radius 2 is 1.48 bits per heavy atom. The summed E-state index contributed by atoms with van der Waals surface area (Å²) in [6.45, 7) is 6.84. The summed E-state index contributed by atoms with van der Waals surface area (Å²) in [6.07, 6.45) is 3.05. The Kier molecular flexibility index (Phi) is 5.19. The van der Waals surface area contributed by atoms with E-state index in [1.54, 1.807) is 0 Å². The first-order chi connectivity index (χ1) is 10.0. The summed E-state index contributed by atoms with van der Waals surface area (Å²) in [7, 11) is -1.31. The fourth-order valence-electron chi connectivity index (χ4n) is 2.04. The van der Waals surface area contributed by atoms with E-state index in [-0.39, 0.29) is 0 Å². The van der Waals surface area contributed by atoms with Gasteiger partial charge in [0.2, 0.25) is 0 Å². The van der Waals surface area contributed by atoms with Gasteiger partial charge in [0.05, 0.1) is 0 Å². The molecule has 0 heterocycles. The SMILES string of the molecule is C[Si](C)(C)C#CC/C(=C/c1ccccc1)c1ccccc1.